The third kappa shape index (κ3) is 5.73. The Labute approximate surface area is 255 Å². The molecule has 2 heterocycles. The Kier molecular flexibility index (Phi) is 8.97. The molecule has 2 aromatic carbocycles. The molecule has 2 saturated heterocycles. The molecule has 4 atom stereocenters. The third-order valence-corrected chi connectivity index (χ3v) is 9.60. The van der Waals surface area contributed by atoms with Crippen molar-refractivity contribution in [3.63, 3.8) is 0 Å². The topological polar surface area (TPSA) is 96.3 Å². The van der Waals surface area contributed by atoms with Crippen LogP contribution in [0, 0.1) is 27.2 Å². The van der Waals surface area contributed by atoms with E-state index in [0.29, 0.717) is 34.2 Å². The Morgan fingerprint density at radius 3 is 2.59 bits per heavy atom. The lowest BCUT2D eigenvalue weighted by atomic mass is 9.57. The van der Waals surface area contributed by atoms with Crippen LogP contribution in [-0.2, 0) is 14.2 Å². The second-order valence-electron chi connectivity index (χ2n) is 11.5. The number of amides is 2. The number of anilines is 1. The molecule has 2 amide bonds. The number of halogens is 1. The standard InChI is InChI=1S/C32H37BINO6/c1-5-19(13-20-14-25(34)30(36)27(15-20)40-4)11-12-26-28-22(18(2)3)16-23-29(24(28)17-33(39)41-26)32(38)35(31(23)37)21-9-7-6-8-10-21/h6-10,13-15,18,23-24,26,29,36,39H,5,11-12,16-17H2,1-4H3/b19-13+/t23-,24+,26-,29-/m1/s1. The first kappa shape index (κ1) is 29.9. The number of aromatic hydroxyl groups is 1. The van der Waals surface area contributed by atoms with Gasteiger partial charge in [0.25, 0.3) is 0 Å². The molecule has 3 aliphatic rings. The fourth-order valence-electron chi connectivity index (χ4n) is 6.82. The second-order valence-corrected chi connectivity index (χ2v) is 12.7. The summed E-state index contributed by atoms with van der Waals surface area (Å²) < 4.78 is 12.2. The first-order valence-electron chi connectivity index (χ1n) is 14.4. The van der Waals surface area contributed by atoms with Gasteiger partial charge in [-0.05, 0) is 102 Å². The molecule has 2 aliphatic heterocycles. The molecular formula is C32H37BINO6. The first-order valence-corrected chi connectivity index (χ1v) is 15.5. The van der Waals surface area contributed by atoms with E-state index in [1.807, 2.05) is 30.3 Å². The van der Waals surface area contributed by atoms with Gasteiger partial charge in [-0.1, -0.05) is 56.2 Å². The van der Waals surface area contributed by atoms with E-state index in [-0.39, 0.29) is 35.5 Å². The van der Waals surface area contributed by atoms with Crippen LogP contribution in [-0.4, -0.2) is 42.3 Å². The van der Waals surface area contributed by atoms with Crippen molar-refractivity contribution < 1.29 is 29.1 Å². The van der Waals surface area contributed by atoms with Gasteiger partial charge in [-0.3, -0.25) is 14.5 Å². The van der Waals surface area contributed by atoms with Gasteiger partial charge in [-0.2, -0.15) is 0 Å². The maximum absolute atomic E-state index is 13.8. The minimum Gasteiger partial charge on any atom is -0.504 e. The minimum absolute atomic E-state index is 0.133. The van der Waals surface area contributed by atoms with Gasteiger partial charge in [0.2, 0.25) is 11.8 Å². The van der Waals surface area contributed by atoms with Crippen molar-refractivity contribution in [3.8, 4) is 11.5 Å². The summed E-state index contributed by atoms with van der Waals surface area (Å²) in [4.78, 5) is 28.8. The molecular weight excluding hydrogens is 632 g/mol. The molecule has 216 valence electrons. The van der Waals surface area contributed by atoms with Crippen LogP contribution in [0.2, 0.25) is 6.32 Å². The molecule has 0 unspecified atom stereocenters. The number of rotatable bonds is 8. The molecule has 2 aromatic rings. The lowest BCUT2D eigenvalue weighted by Gasteiger charge is -2.44. The van der Waals surface area contributed by atoms with Crippen LogP contribution in [0.5, 0.6) is 11.5 Å². The number of nitrogens with zero attached hydrogens (tertiary/aromatic N) is 1. The zero-order valence-corrected chi connectivity index (χ0v) is 26.1. The van der Waals surface area contributed by atoms with Gasteiger partial charge >= 0.3 is 7.12 Å². The highest BCUT2D eigenvalue weighted by molar-refractivity contribution is 14.1. The number of allylic oxidation sites excluding steroid dienone is 2. The second kappa shape index (κ2) is 12.3. The van der Waals surface area contributed by atoms with E-state index in [9.17, 15) is 19.7 Å². The monoisotopic (exact) mass is 669 g/mol. The van der Waals surface area contributed by atoms with Crippen molar-refractivity contribution in [1.29, 1.82) is 0 Å². The largest absolute Gasteiger partial charge is 0.504 e. The summed E-state index contributed by atoms with van der Waals surface area (Å²) in [5, 5.41) is 21.1. The summed E-state index contributed by atoms with van der Waals surface area (Å²) in [6.45, 7) is 6.38. The lowest BCUT2D eigenvalue weighted by molar-refractivity contribution is -0.122. The molecule has 9 heteroatoms. The number of ether oxygens (including phenoxy) is 1. The van der Waals surface area contributed by atoms with Crippen LogP contribution in [0.1, 0.15) is 52.0 Å². The van der Waals surface area contributed by atoms with Gasteiger partial charge < -0.3 is 19.5 Å². The highest BCUT2D eigenvalue weighted by Crippen LogP contribution is 2.52. The molecule has 1 aliphatic carbocycles. The molecule has 0 aromatic heterocycles. The van der Waals surface area contributed by atoms with Gasteiger partial charge in [0.05, 0.1) is 34.3 Å². The van der Waals surface area contributed by atoms with Crippen LogP contribution in [0.3, 0.4) is 0 Å². The fourth-order valence-corrected chi connectivity index (χ4v) is 7.44. The highest BCUT2D eigenvalue weighted by atomic mass is 127. The summed E-state index contributed by atoms with van der Waals surface area (Å²) in [5.74, 6) is -0.701. The SMILES string of the molecule is CC/C(=C\c1cc(I)c(O)c(OC)c1)CC[C@H]1OB(O)C[C@H]2C1=C(C(C)C)C[C@H]1C(=O)N(c3ccccc3)C(=O)[C@H]12. The zero-order chi connectivity index (χ0) is 29.4. The van der Waals surface area contributed by atoms with Crippen molar-refractivity contribution >= 4 is 53.3 Å². The van der Waals surface area contributed by atoms with Gasteiger partial charge in [-0.25, -0.2) is 0 Å². The Morgan fingerprint density at radius 1 is 1.20 bits per heavy atom. The number of phenols is 1. The number of hydrogen-bond acceptors (Lipinski definition) is 6. The van der Waals surface area contributed by atoms with E-state index in [1.165, 1.54) is 23.2 Å². The Balaban J connectivity index is 1.44. The van der Waals surface area contributed by atoms with Crippen LogP contribution in [0.25, 0.3) is 6.08 Å². The van der Waals surface area contributed by atoms with Crippen LogP contribution < -0.4 is 9.64 Å². The van der Waals surface area contributed by atoms with Crippen molar-refractivity contribution in [3.05, 3.63) is 68.3 Å². The van der Waals surface area contributed by atoms with Gasteiger partial charge in [0.1, 0.15) is 0 Å². The maximum atomic E-state index is 13.8. The van der Waals surface area contributed by atoms with Gasteiger partial charge in [0.15, 0.2) is 11.5 Å². The molecule has 7 nitrogen and oxygen atoms in total. The zero-order valence-electron chi connectivity index (χ0n) is 24.0. The number of methoxy groups -OCH3 is 1. The van der Waals surface area contributed by atoms with Crippen LogP contribution in [0.15, 0.2) is 59.2 Å². The molecule has 41 heavy (non-hydrogen) atoms. The average molecular weight is 669 g/mol. The normalized spacial score (nSPS) is 24.7. The summed E-state index contributed by atoms with van der Waals surface area (Å²) in [6, 6.07) is 12.9. The van der Waals surface area contributed by atoms with Crippen LogP contribution >= 0.6 is 22.6 Å². The van der Waals surface area contributed by atoms with E-state index >= 15 is 0 Å². The highest BCUT2D eigenvalue weighted by Gasteiger charge is 2.57. The fraction of sp³-hybridized carbons (Fsp3) is 0.438. The molecule has 0 spiro atoms. The van der Waals surface area contributed by atoms with Crippen molar-refractivity contribution in [2.75, 3.05) is 12.0 Å². The Bertz CT molecular complexity index is 1390. The Hall–Kier alpha value is -2.63. The first-order chi connectivity index (χ1) is 19.6. The lowest BCUT2D eigenvalue weighted by Crippen LogP contribution is -2.46. The molecule has 2 fully saturated rings. The van der Waals surface area contributed by atoms with Gasteiger partial charge in [0, 0.05) is 0 Å². The third-order valence-electron chi connectivity index (χ3n) is 8.78. The summed E-state index contributed by atoms with van der Waals surface area (Å²) >= 11 is 2.10. The number of hydrogen-bond donors (Lipinski definition) is 2. The van der Waals surface area contributed by atoms with E-state index in [4.69, 9.17) is 9.39 Å². The van der Waals surface area contributed by atoms with E-state index < -0.39 is 19.0 Å². The minimum atomic E-state index is -0.994. The molecule has 0 radical (unpaired) electrons. The maximum Gasteiger partial charge on any atom is 0.455 e. The van der Waals surface area contributed by atoms with E-state index in [0.717, 1.165) is 24.0 Å². The number of carbonyl (C=O) groups excluding carboxylic acids is 2. The summed E-state index contributed by atoms with van der Waals surface area (Å²) in [7, 11) is 0.546. The number of fused-ring (bicyclic) bond motifs is 3. The van der Waals surface area contributed by atoms with E-state index in [1.54, 1.807) is 12.1 Å². The smallest absolute Gasteiger partial charge is 0.455 e. The Morgan fingerprint density at radius 2 is 1.93 bits per heavy atom. The predicted octanol–water partition coefficient (Wildman–Crippen LogP) is 6.24. The molecule has 2 N–H and O–H groups in total. The number of imide groups is 1. The van der Waals surface area contributed by atoms with E-state index in [2.05, 4.69) is 49.4 Å². The average Bonchev–Trinajstić information content (AvgIpc) is 3.21. The quantitative estimate of drug-likeness (QED) is 0.150. The molecule has 0 saturated carbocycles. The van der Waals surface area contributed by atoms with Crippen molar-refractivity contribution in [1.82, 2.24) is 0 Å². The molecule has 5 rings (SSSR count). The molecule has 0 bridgehead atoms. The number of benzene rings is 2. The van der Waals surface area contributed by atoms with Crippen LogP contribution in [0.4, 0.5) is 5.69 Å². The number of para-hydroxylation sites is 1. The number of phenolic OH excluding ortho intramolecular Hbond substituents is 1. The number of carbonyl (C=O) groups is 2. The van der Waals surface area contributed by atoms with Crippen molar-refractivity contribution in [2.45, 2.75) is 58.9 Å². The predicted molar refractivity (Wildman–Crippen MR) is 168 cm³/mol. The van der Waals surface area contributed by atoms with Gasteiger partial charge in [-0.15, -0.1) is 0 Å². The summed E-state index contributed by atoms with van der Waals surface area (Å²) in [5.41, 5.74) is 5.05. The van der Waals surface area contributed by atoms with Crippen molar-refractivity contribution in [2.24, 2.45) is 23.7 Å². The summed E-state index contributed by atoms with van der Waals surface area (Å²) in [6.07, 6.45) is 4.87.